The standard InChI is InChI=1S/C15H32N4O2S/c1-6-12-8-7-9-13(10-12)18-14(16-4)17-11-15(2,3)19-22(5,20)21/h12-13,19H,6-11H2,1-5H3,(H2,16,17,18). The van der Waals surface area contributed by atoms with Crippen molar-refractivity contribution in [2.45, 2.75) is 64.5 Å². The average molecular weight is 333 g/mol. The zero-order chi connectivity index (χ0) is 16.8. The quantitative estimate of drug-likeness (QED) is 0.508. The maximum atomic E-state index is 11.4. The van der Waals surface area contributed by atoms with Crippen molar-refractivity contribution in [2.24, 2.45) is 10.9 Å². The number of aliphatic imine (C=N–C) groups is 1. The summed E-state index contributed by atoms with van der Waals surface area (Å²) in [7, 11) is -1.48. The molecule has 0 amide bonds. The first kappa shape index (κ1) is 19.2. The van der Waals surface area contributed by atoms with Gasteiger partial charge in [-0.2, -0.15) is 0 Å². The summed E-state index contributed by atoms with van der Waals surface area (Å²) in [6.45, 7) is 6.42. The van der Waals surface area contributed by atoms with E-state index in [4.69, 9.17) is 0 Å². The van der Waals surface area contributed by atoms with Crippen LogP contribution < -0.4 is 15.4 Å². The molecule has 0 bridgehead atoms. The molecule has 1 aliphatic rings. The van der Waals surface area contributed by atoms with Gasteiger partial charge < -0.3 is 10.6 Å². The van der Waals surface area contributed by atoms with Gasteiger partial charge in [0.15, 0.2) is 5.96 Å². The van der Waals surface area contributed by atoms with Crippen LogP contribution in [0.25, 0.3) is 0 Å². The molecule has 1 fully saturated rings. The number of sulfonamides is 1. The van der Waals surface area contributed by atoms with Crippen LogP contribution in [0.5, 0.6) is 0 Å². The predicted molar refractivity (Wildman–Crippen MR) is 92.6 cm³/mol. The van der Waals surface area contributed by atoms with Crippen molar-refractivity contribution >= 4 is 16.0 Å². The SMILES string of the molecule is CCC1CCCC(NC(=NC)NCC(C)(C)NS(C)(=O)=O)C1. The normalized spacial score (nSPS) is 24.1. The second kappa shape index (κ2) is 8.15. The number of hydrogen-bond donors (Lipinski definition) is 3. The highest BCUT2D eigenvalue weighted by atomic mass is 32.2. The molecule has 2 unspecified atom stereocenters. The molecule has 22 heavy (non-hydrogen) atoms. The third-order valence-corrected chi connectivity index (χ3v) is 5.01. The topological polar surface area (TPSA) is 82.6 Å². The van der Waals surface area contributed by atoms with Gasteiger partial charge in [0.1, 0.15) is 0 Å². The van der Waals surface area contributed by atoms with Crippen LogP contribution in [0.2, 0.25) is 0 Å². The minimum atomic E-state index is -3.22. The number of nitrogens with one attached hydrogen (secondary N) is 3. The van der Waals surface area contributed by atoms with Gasteiger partial charge in [0.05, 0.1) is 6.26 Å². The van der Waals surface area contributed by atoms with E-state index in [0.717, 1.165) is 11.9 Å². The van der Waals surface area contributed by atoms with Crippen molar-refractivity contribution in [1.29, 1.82) is 0 Å². The highest BCUT2D eigenvalue weighted by Gasteiger charge is 2.24. The van der Waals surface area contributed by atoms with Gasteiger partial charge in [-0.05, 0) is 32.6 Å². The Hall–Kier alpha value is -0.820. The summed E-state index contributed by atoms with van der Waals surface area (Å²) in [4.78, 5) is 4.25. The molecule has 0 heterocycles. The van der Waals surface area contributed by atoms with Gasteiger partial charge in [-0.1, -0.05) is 26.2 Å². The van der Waals surface area contributed by atoms with E-state index < -0.39 is 15.6 Å². The molecule has 0 spiro atoms. The molecular weight excluding hydrogens is 300 g/mol. The Labute approximate surface area is 135 Å². The lowest BCUT2D eigenvalue weighted by Gasteiger charge is -2.31. The maximum Gasteiger partial charge on any atom is 0.209 e. The zero-order valence-corrected chi connectivity index (χ0v) is 15.4. The molecule has 2 atom stereocenters. The van der Waals surface area contributed by atoms with E-state index in [9.17, 15) is 8.42 Å². The Morgan fingerprint density at radius 3 is 2.55 bits per heavy atom. The Kier molecular flexibility index (Phi) is 7.12. The van der Waals surface area contributed by atoms with Crippen LogP contribution >= 0.6 is 0 Å². The summed E-state index contributed by atoms with van der Waals surface area (Å²) in [5.41, 5.74) is -0.566. The fourth-order valence-electron chi connectivity index (χ4n) is 3.02. The monoisotopic (exact) mass is 332 g/mol. The van der Waals surface area contributed by atoms with Crippen molar-refractivity contribution in [3.63, 3.8) is 0 Å². The molecule has 0 aromatic heterocycles. The lowest BCUT2D eigenvalue weighted by Crippen LogP contribution is -2.54. The summed E-state index contributed by atoms with van der Waals surface area (Å²) in [5.74, 6) is 1.54. The van der Waals surface area contributed by atoms with E-state index in [1.807, 2.05) is 13.8 Å². The molecule has 0 aromatic carbocycles. The summed E-state index contributed by atoms with van der Waals surface area (Å²) >= 11 is 0. The van der Waals surface area contributed by atoms with Crippen molar-refractivity contribution in [1.82, 2.24) is 15.4 Å². The maximum absolute atomic E-state index is 11.4. The van der Waals surface area contributed by atoms with E-state index in [0.29, 0.717) is 12.6 Å². The number of nitrogens with zero attached hydrogens (tertiary/aromatic N) is 1. The summed E-state index contributed by atoms with van der Waals surface area (Å²) in [5, 5.41) is 6.69. The van der Waals surface area contributed by atoms with Gasteiger partial charge in [0.25, 0.3) is 0 Å². The average Bonchev–Trinajstić information content (AvgIpc) is 2.41. The predicted octanol–water partition coefficient (Wildman–Crippen LogP) is 1.45. The van der Waals surface area contributed by atoms with Gasteiger partial charge in [-0.3, -0.25) is 4.99 Å². The summed E-state index contributed by atoms with van der Waals surface area (Å²) < 4.78 is 25.3. The van der Waals surface area contributed by atoms with E-state index in [2.05, 4.69) is 27.3 Å². The molecule has 1 aliphatic carbocycles. The second-order valence-electron chi connectivity index (χ2n) is 6.97. The Bertz CT molecular complexity index is 474. The summed E-state index contributed by atoms with van der Waals surface area (Å²) in [6, 6.07) is 0.455. The van der Waals surface area contributed by atoms with Crippen LogP contribution in [0.15, 0.2) is 4.99 Å². The largest absolute Gasteiger partial charge is 0.355 e. The molecule has 130 valence electrons. The first-order valence-electron chi connectivity index (χ1n) is 8.11. The van der Waals surface area contributed by atoms with Crippen LogP contribution in [0.1, 0.15) is 52.9 Å². The van der Waals surface area contributed by atoms with Crippen molar-refractivity contribution in [3.8, 4) is 0 Å². The van der Waals surface area contributed by atoms with Crippen molar-refractivity contribution < 1.29 is 8.42 Å². The Balaban J connectivity index is 2.49. The van der Waals surface area contributed by atoms with E-state index >= 15 is 0 Å². The zero-order valence-electron chi connectivity index (χ0n) is 14.6. The number of rotatable bonds is 6. The third-order valence-electron chi connectivity index (χ3n) is 4.08. The van der Waals surface area contributed by atoms with Crippen LogP contribution in [0.3, 0.4) is 0 Å². The fourth-order valence-corrected chi connectivity index (χ4v) is 4.10. The van der Waals surface area contributed by atoms with E-state index in [1.165, 1.54) is 38.4 Å². The molecule has 0 aromatic rings. The molecule has 6 nitrogen and oxygen atoms in total. The van der Waals surface area contributed by atoms with Crippen molar-refractivity contribution in [3.05, 3.63) is 0 Å². The van der Waals surface area contributed by atoms with Gasteiger partial charge >= 0.3 is 0 Å². The molecule has 0 aliphatic heterocycles. The molecule has 1 saturated carbocycles. The van der Waals surface area contributed by atoms with Crippen LogP contribution in [0.4, 0.5) is 0 Å². The third kappa shape index (κ3) is 7.45. The van der Waals surface area contributed by atoms with Crippen molar-refractivity contribution in [2.75, 3.05) is 19.8 Å². The smallest absolute Gasteiger partial charge is 0.209 e. The van der Waals surface area contributed by atoms with E-state index in [1.54, 1.807) is 7.05 Å². The Morgan fingerprint density at radius 1 is 1.32 bits per heavy atom. The second-order valence-corrected chi connectivity index (χ2v) is 8.71. The summed E-state index contributed by atoms with van der Waals surface area (Å²) in [6.07, 6.45) is 7.34. The first-order chi connectivity index (χ1) is 10.1. The number of hydrogen-bond acceptors (Lipinski definition) is 3. The first-order valence-corrected chi connectivity index (χ1v) is 10.0. The molecule has 7 heteroatoms. The molecule has 0 radical (unpaired) electrons. The van der Waals surface area contributed by atoms with E-state index in [-0.39, 0.29) is 0 Å². The molecule has 1 rings (SSSR count). The minimum Gasteiger partial charge on any atom is -0.355 e. The lowest BCUT2D eigenvalue weighted by molar-refractivity contribution is 0.298. The number of guanidine groups is 1. The van der Waals surface area contributed by atoms with Crippen LogP contribution in [-0.4, -0.2) is 45.8 Å². The molecular formula is C15H32N4O2S. The highest BCUT2D eigenvalue weighted by Crippen LogP contribution is 2.26. The van der Waals surface area contributed by atoms with Gasteiger partial charge in [-0.25, -0.2) is 13.1 Å². The highest BCUT2D eigenvalue weighted by molar-refractivity contribution is 7.88. The molecule has 0 saturated heterocycles. The lowest BCUT2D eigenvalue weighted by atomic mass is 9.84. The van der Waals surface area contributed by atoms with Gasteiger partial charge in [-0.15, -0.1) is 0 Å². The van der Waals surface area contributed by atoms with Gasteiger partial charge in [0.2, 0.25) is 10.0 Å². The minimum absolute atomic E-state index is 0.455. The fraction of sp³-hybridized carbons (Fsp3) is 0.933. The Morgan fingerprint density at radius 2 is 2.00 bits per heavy atom. The molecule has 3 N–H and O–H groups in total. The van der Waals surface area contributed by atoms with Crippen LogP contribution in [0, 0.1) is 5.92 Å². The van der Waals surface area contributed by atoms with Crippen LogP contribution in [-0.2, 0) is 10.0 Å². The van der Waals surface area contributed by atoms with Gasteiger partial charge in [0, 0.05) is 25.2 Å².